The van der Waals surface area contributed by atoms with Crippen molar-refractivity contribution in [3.8, 4) is 11.4 Å². The van der Waals surface area contributed by atoms with E-state index in [1.54, 1.807) is 19.2 Å². The average Bonchev–Trinajstić information content (AvgIpc) is 2.77. The SMILES string of the molecule is COC(=O)Nc1ccc(-c2[c]n(C)nn2)nc1. The average molecular weight is 232 g/mol. The molecular formula is C10H10N5O2. The Bertz CT molecular complexity index is 520. The van der Waals surface area contributed by atoms with Crippen LogP contribution in [0.3, 0.4) is 0 Å². The lowest BCUT2D eigenvalue weighted by Crippen LogP contribution is -2.10. The number of nitrogens with one attached hydrogen (secondary N) is 1. The van der Waals surface area contributed by atoms with Gasteiger partial charge in [-0.15, -0.1) is 5.10 Å². The second-order valence-corrected chi connectivity index (χ2v) is 3.22. The quantitative estimate of drug-likeness (QED) is 0.830. The second-order valence-electron chi connectivity index (χ2n) is 3.22. The van der Waals surface area contributed by atoms with E-state index in [-0.39, 0.29) is 0 Å². The first kappa shape index (κ1) is 11.1. The van der Waals surface area contributed by atoms with Crippen LogP contribution in [0, 0.1) is 6.20 Å². The minimum Gasteiger partial charge on any atom is -0.453 e. The molecule has 0 saturated carbocycles. The molecule has 0 aromatic carbocycles. The molecule has 0 aliphatic carbocycles. The Morgan fingerprint density at radius 1 is 1.53 bits per heavy atom. The maximum atomic E-state index is 10.9. The van der Waals surface area contributed by atoms with Gasteiger partial charge in [-0.2, -0.15) is 0 Å². The Hall–Kier alpha value is -2.44. The Morgan fingerprint density at radius 2 is 2.35 bits per heavy atom. The first-order valence-electron chi connectivity index (χ1n) is 4.79. The van der Waals surface area contributed by atoms with E-state index < -0.39 is 6.09 Å². The Morgan fingerprint density at radius 3 is 2.88 bits per heavy atom. The predicted octanol–water partition coefficient (Wildman–Crippen LogP) is 0.856. The van der Waals surface area contributed by atoms with E-state index in [0.717, 1.165) is 0 Å². The first-order chi connectivity index (χ1) is 8.19. The topological polar surface area (TPSA) is 81.9 Å². The third-order valence-corrected chi connectivity index (χ3v) is 1.98. The van der Waals surface area contributed by atoms with E-state index in [4.69, 9.17) is 0 Å². The van der Waals surface area contributed by atoms with E-state index in [1.165, 1.54) is 18.0 Å². The van der Waals surface area contributed by atoms with Gasteiger partial charge in [0.15, 0.2) is 0 Å². The van der Waals surface area contributed by atoms with Crippen LogP contribution in [0.15, 0.2) is 18.3 Å². The standard InChI is InChI=1S/C10H10N5O2/c1-15-6-9(13-14-15)8-4-3-7(5-11-8)12-10(16)17-2/h3-5H,1-2H3,(H,12,16). The Kier molecular flexibility index (Phi) is 2.99. The molecule has 0 aliphatic heterocycles. The van der Waals surface area contributed by atoms with Gasteiger partial charge in [0.05, 0.1) is 24.7 Å². The molecule has 1 N–H and O–H groups in total. The number of methoxy groups -OCH3 is 1. The summed E-state index contributed by atoms with van der Waals surface area (Å²) in [6.07, 6.45) is 3.86. The molecule has 2 heterocycles. The van der Waals surface area contributed by atoms with Crippen molar-refractivity contribution in [1.82, 2.24) is 20.0 Å². The van der Waals surface area contributed by atoms with Crippen molar-refractivity contribution in [3.63, 3.8) is 0 Å². The highest BCUT2D eigenvalue weighted by atomic mass is 16.5. The van der Waals surface area contributed by atoms with Crippen molar-refractivity contribution in [3.05, 3.63) is 24.5 Å². The van der Waals surface area contributed by atoms with Gasteiger partial charge in [0, 0.05) is 7.05 Å². The van der Waals surface area contributed by atoms with Crippen molar-refractivity contribution < 1.29 is 9.53 Å². The summed E-state index contributed by atoms with van der Waals surface area (Å²) in [6.45, 7) is 0. The molecule has 7 nitrogen and oxygen atoms in total. The van der Waals surface area contributed by atoms with Crippen LogP contribution < -0.4 is 5.32 Å². The number of aryl methyl sites for hydroxylation is 1. The highest BCUT2D eigenvalue weighted by Crippen LogP contribution is 2.14. The van der Waals surface area contributed by atoms with E-state index in [0.29, 0.717) is 17.1 Å². The van der Waals surface area contributed by atoms with Crippen molar-refractivity contribution in [2.45, 2.75) is 0 Å². The maximum absolute atomic E-state index is 10.9. The molecule has 0 aliphatic rings. The fourth-order valence-electron chi connectivity index (χ4n) is 1.20. The van der Waals surface area contributed by atoms with Crippen molar-refractivity contribution >= 4 is 11.8 Å². The molecule has 17 heavy (non-hydrogen) atoms. The van der Waals surface area contributed by atoms with Crippen LogP contribution in [0.4, 0.5) is 10.5 Å². The number of hydrogen-bond acceptors (Lipinski definition) is 5. The van der Waals surface area contributed by atoms with Crippen molar-refractivity contribution in [2.75, 3.05) is 12.4 Å². The first-order valence-corrected chi connectivity index (χ1v) is 4.79. The summed E-state index contributed by atoms with van der Waals surface area (Å²) < 4.78 is 5.93. The number of carbonyl (C=O) groups excluding carboxylic acids is 1. The summed E-state index contributed by atoms with van der Waals surface area (Å²) in [7, 11) is 3.02. The Balaban J connectivity index is 2.15. The van der Waals surface area contributed by atoms with Gasteiger partial charge >= 0.3 is 6.09 Å². The van der Waals surface area contributed by atoms with E-state index in [9.17, 15) is 4.79 Å². The monoisotopic (exact) mass is 232 g/mol. The van der Waals surface area contributed by atoms with Crippen molar-refractivity contribution in [2.24, 2.45) is 7.05 Å². The van der Waals surface area contributed by atoms with Gasteiger partial charge in [-0.1, -0.05) is 5.21 Å². The fraction of sp³-hybridized carbons (Fsp3) is 0.200. The van der Waals surface area contributed by atoms with Gasteiger partial charge in [-0.25, -0.2) is 9.48 Å². The third-order valence-electron chi connectivity index (χ3n) is 1.98. The fourth-order valence-corrected chi connectivity index (χ4v) is 1.20. The maximum Gasteiger partial charge on any atom is 0.411 e. The minimum atomic E-state index is -0.536. The highest BCUT2D eigenvalue weighted by Gasteiger charge is 2.05. The summed E-state index contributed by atoms with van der Waals surface area (Å²) in [5.41, 5.74) is 1.73. The smallest absolute Gasteiger partial charge is 0.411 e. The second kappa shape index (κ2) is 4.60. The van der Waals surface area contributed by atoms with Gasteiger partial charge in [0.1, 0.15) is 11.9 Å². The molecule has 0 spiro atoms. The largest absolute Gasteiger partial charge is 0.453 e. The van der Waals surface area contributed by atoms with Crippen molar-refractivity contribution in [1.29, 1.82) is 0 Å². The van der Waals surface area contributed by atoms with Gasteiger partial charge in [0.2, 0.25) is 0 Å². The van der Waals surface area contributed by atoms with Gasteiger partial charge in [0.25, 0.3) is 0 Å². The number of pyridine rings is 1. The number of ether oxygens (including phenoxy) is 1. The summed E-state index contributed by atoms with van der Waals surface area (Å²) in [5, 5.41) is 10.1. The molecule has 1 radical (unpaired) electrons. The Labute approximate surface area is 97.4 Å². The molecule has 0 bridgehead atoms. The predicted molar refractivity (Wildman–Crippen MR) is 59.1 cm³/mol. The van der Waals surface area contributed by atoms with Crippen LogP contribution in [-0.4, -0.2) is 33.2 Å². The van der Waals surface area contributed by atoms with E-state index >= 15 is 0 Å². The number of rotatable bonds is 2. The lowest BCUT2D eigenvalue weighted by molar-refractivity contribution is 0.187. The molecule has 2 aromatic heterocycles. The molecule has 0 saturated heterocycles. The number of nitrogens with zero attached hydrogens (tertiary/aromatic N) is 4. The minimum absolute atomic E-state index is 0.536. The highest BCUT2D eigenvalue weighted by molar-refractivity contribution is 5.84. The third kappa shape index (κ3) is 2.57. The lowest BCUT2D eigenvalue weighted by Gasteiger charge is -2.02. The molecule has 87 valence electrons. The number of hydrogen-bond donors (Lipinski definition) is 1. The number of amides is 1. The summed E-state index contributed by atoms with van der Waals surface area (Å²) in [5.74, 6) is 0. The van der Waals surface area contributed by atoms with Crippen LogP contribution in [0.5, 0.6) is 0 Å². The molecular weight excluding hydrogens is 222 g/mol. The molecule has 1 amide bonds. The van der Waals surface area contributed by atoms with Gasteiger partial charge in [-0.05, 0) is 12.1 Å². The molecule has 7 heteroatoms. The van der Waals surface area contributed by atoms with E-state index in [2.05, 4.69) is 31.5 Å². The molecule has 2 aromatic rings. The van der Waals surface area contributed by atoms with Gasteiger partial charge < -0.3 is 4.74 Å². The number of aromatic nitrogens is 4. The number of carbonyl (C=O) groups is 1. The van der Waals surface area contributed by atoms with Crippen LogP contribution in [0.25, 0.3) is 11.4 Å². The summed E-state index contributed by atoms with van der Waals surface area (Å²) in [4.78, 5) is 15.1. The van der Waals surface area contributed by atoms with E-state index in [1.807, 2.05) is 0 Å². The zero-order valence-electron chi connectivity index (χ0n) is 9.34. The lowest BCUT2D eigenvalue weighted by atomic mass is 10.3. The van der Waals surface area contributed by atoms with Crippen LogP contribution in [-0.2, 0) is 11.8 Å². The summed E-state index contributed by atoms with van der Waals surface area (Å²) >= 11 is 0. The van der Waals surface area contributed by atoms with Gasteiger partial charge in [-0.3, -0.25) is 10.3 Å². The molecule has 0 atom stereocenters. The normalized spacial score (nSPS) is 10.0. The van der Waals surface area contributed by atoms with Crippen LogP contribution in [0.2, 0.25) is 0 Å². The number of anilines is 1. The van der Waals surface area contributed by atoms with Crippen LogP contribution >= 0.6 is 0 Å². The molecule has 0 fully saturated rings. The summed E-state index contributed by atoms with van der Waals surface area (Å²) in [6, 6.07) is 3.41. The zero-order valence-corrected chi connectivity index (χ0v) is 9.34. The van der Waals surface area contributed by atoms with Crippen LogP contribution in [0.1, 0.15) is 0 Å². The molecule has 0 unspecified atom stereocenters. The zero-order chi connectivity index (χ0) is 12.3. The molecule has 2 rings (SSSR count).